The lowest BCUT2D eigenvalue weighted by atomic mass is 10.3. The molecule has 0 aliphatic rings. The van der Waals surface area contributed by atoms with Crippen molar-refractivity contribution in [1.29, 1.82) is 0 Å². The van der Waals surface area contributed by atoms with Crippen LogP contribution in [0.4, 0.5) is 5.69 Å². The number of rotatable bonds is 6. The molecule has 0 aromatic heterocycles. The maximum atomic E-state index is 11.0. The number of nitro groups is 1. The Morgan fingerprint density at radius 3 is 2.83 bits per heavy atom. The first-order valence-corrected chi connectivity index (χ1v) is 5.64. The molecule has 0 radical (unpaired) electrons. The van der Waals surface area contributed by atoms with Gasteiger partial charge in [0.05, 0.1) is 24.6 Å². The smallest absolute Gasteiger partial charge is 0.312 e. The fourth-order valence-electron chi connectivity index (χ4n) is 1.23. The lowest BCUT2D eigenvalue weighted by molar-refractivity contribution is -0.385. The standard InChI is InChI=1S/C11H12ClNO5/c1-2-17-11(14)5-6-18-10-4-3-8(12)7-9(10)13(15)16/h3-4,7H,2,5-6H2,1H3. The van der Waals surface area contributed by atoms with Crippen LogP contribution in [-0.2, 0) is 9.53 Å². The SMILES string of the molecule is CCOC(=O)CCOc1ccc(Cl)cc1[N+](=O)[O-]. The van der Waals surface area contributed by atoms with E-state index in [4.69, 9.17) is 21.1 Å². The fourth-order valence-corrected chi connectivity index (χ4v) is 1.40. The van der Waals surface area contributed by atoms with Gasteiger partial charge in [0.25, 0.3) is 0 Å². The predicted molar refractivity (Wildman–Crippen MR) is 64.9 cm³/mol. The van der Waals surface area contributed by atoms with Gasteiger partial charge in [-0.05, 0) is 19.1 Å². The Morgan fingerprint density at radius 2 is 2.22 bits per heavy atom. The van der Waals surface area contributed by atoms with Gasteiger partial charge in [-0.2, -0.15) is 0 Å². The van der Waals surface area contributed by atoms with Gasteiger partial charge in [-0.3, -0.25) is 14.9 Å². The Balaban J connectivity index is 2.62. The topological polar surface area (TPSA) is 78.7 Å². The Bertz CT molecular complexity index is 449. The molecular formula is C11H12ClNO5. The summed E-state index contributed by atoms with van der Waals surface area (Å²) in [5.74, 6) is -0.331. The van der Waals surface area contributed by atoms with Crippen molar-refractivity contribution in [2.75, 3.05) is 13.2 Å². The predicted octanol–water partition coefficient (Wildman–Crippen LogP) is 2.58. The molecule has 0 bridgehead atoms. The molecule has 1 rings (SSSR count). The molecule has 0 N–H and O–H groups in total. The Kier molecular flexibility index (Phi) is 5.38. The molecular weight excluding hydrogens is 262 g/mol. The van der Waals surface area contributed by atoms with Crippen LogP contribution in [0.2, 0.25) is 5.02 Å². The molecule has 0 heterocycles. The molecule has 98 valence electrons. The second-order valence-corrected chi connectivity index (χ2v) is 3.71. The summed E-state index contributed by atoms with van der Waals surface area (Å²) >= 11 is 5.65. The lowest BCUT2D eigenvalue weighted by Crippen LogP contribution is -2.10. The van der Waals surface area contributed by atoms with Crippen LogP contribution in [0.15, 0.2) is 18.2 Å². The number of hydrogen-bond acceptors (Lipinski definition) is 5. The Hall–Kier alpha value is -1.82. The average Bonchev–Trinajstić information content (AvgIpc) is 2.31. The van der Waals surface area contributed by atoms with E-state index in [1.165, 1.54) is 18.2 Å². The minimum absolute atomic E-state index is 0.0152. The second kappa shape index (κ2) is 6.80. The molecule has 1 aromatic carbocycles. The molecule has 0 aliphatic carbocycles. The highest BCUT2D eigenvalue weighted by atomic mass is 35.5. The number of benzene rings is 1. The van der Waals surface area contributed by atoms with E-state index < -0.39 is 10.9 Å². The second-order valence-electron chi connectivity index (χ2n) is 3.27. The van der Waals surface area contributed by atoms with Crippen LogP contribution >= 0.6 is 11.6 Å². The number of hydrogen-bond donors (Lipinski definition) is 0. The normalized spacial score (nSPS) is 9.89. The van der Waals surface area contributed by atoms with Crippen molar-refractivity contribution < 1.29 is 19.2 Å². The number of carbonyl (C=O) groups excluding carboxylic acids is 1. The molecule has 18 heavy (non-hydrogen) atoms. The molecule has 0 spiro atoms. The van der Waals surface area contributed by atoms with Crippen LogP contribution in [0.25, 0.3) is 0 Å². The van der Waals surface area contributed by atoms with Crippen LogP contribution in [0.3, 0.4) is 0 Å². The van der Waals surface area contributed by atoms with Gasteiger partial charge in [0.1, 0.15) is 0 Å². The molecule has 0 saturated carbocycles. The number of esters is 1. The zero-order valence-corrected chi connectivity index (χ0v) is 10.5. The van der Waals surface area contributed by atoms with E-state index in [1.807, 2.05) is 0 Å². The van der Waals surface area contributed by atoms with Crippen molar-refractivity contribution >= 4 is 23.3 Å². The largest absolute Gasteiger partial charge is 0.486 e. The molecule has 6 nitrogen and oxygen atoms in total. The summed E-state index contributed by atoms with van der Waals surface area (Å²) in [6.07, 6.45) is 0.0353. The summed E-state index contributed by atoms with van der Waals surface area (Å²) < 4.78 is 9.87. The molecule has 0 aliphatic heterocycles. The van der Waals surface area contributed by atoms with Crippen LogP contribution in [-0.4, -0.2) is 24.1 Å². The van der Waals surface area contributed by atoms with Gasteiger partial charge < -0.3 is 9.47 Å². The van der Waals surface area contributed by atoms with Crippen molar-refractivity contribution in [1.82, 2.24) is 0 Å². The highest BCUT2D eigenvalue weighted by Gasteiger charge is 2.16. The van der Waals surface area contributed by atoms with E-state index in [2.05, 4.69) is 0 Å². The van der Waals surface area contributed by atoms with Crippen molar-refractivity contribution in [3.05, 3.63) is 33.3 Å². The minimum atomic E-state index is -0.592. The first-order valence-electron chi connectivity index (χ1n) is 5.27. The highest BCUT2D eigenvalue weighted by Crippen LogP contribution is 2.29. The number of nitrogens with zero attached hydrogens (tertiary/aromatic N) is 1. The maximum absolute atomic E-state index is 11.0. The monoisotopic (exact) mass is 273 g/mol. The highest BCUT2D eigenvalue weighted by molar-refractivity contribution is 6.30. The third kappa shape index (κ3) is 4.21. The molecule has 0 fully saturated rings. The van der Waals surface area contributed by atoms with Crippen LogP contribution in [0.1, 0.15) is 13.3 Å². The number of ether oxygens (including phenoxy) is 2. The zero-order chi connectivity index (χ0) is 13.5. The van der Waals surface area contributed by atoms with Crippen LogP contribution < -0.4 is 4.74 Å². The molecule has 0 saturated heterocycles. The van der Waals surface area contributed by atoms with E-state index in [9.17, 15) is 14.9 Å². The van der Waals surface area contributed by atoms with Gasteiger partial charge in [0.15, 0.2) is 5.75 Å². The number of nitro benzene ring substituents is 1. The van der Waals surface area contributed by atoms with Crippen LogP contribution in [0, 0.1) is 10.1 Å². The summed E-state index contributed by atoms with van der Waals surface area (Å²) in [7, 11) is 0. The summed E-state index contributed by atoms with van der Waals surface area (Å²) in [5, 5.41) is 11.0. The third-order valence-corrected chi connectivity index (χ3v) is 2.22. The van der Waals surface area contributed by atoms with Crippen molar-refractivity contribution in [3.8, 4) is 5.75 Å². The van der Waals surface area contributed by atoms with Gasteiger partial charge in [0, 0.05) is 11.1 Å². The summed E-state index contributed by atoms with van der Waals surface area (Å²) in [6, 6.07) is 4.07. The van der Waals surface area contributed by atoms with E-state index >= 15 is 0 Å². The number of halogens is 1. The maximum Gasteiger partial charge on any atom is 0.312 e. The quantitative estimate of drug-likeness (QED) is 0.452. The molecule has 0 atom stereocenters. The molecule has 0 amide bonds. The number of carbonyl (C=O) groups is 1. The van der Waals surface area contributed by atoms with Gasteiger partial charge in [-0.25, -0.2) is 0 Å². The minimum Gasteiger partial charge on any atom is -0.486 e. The van der Waals surface area contributed by atoms with Gasteiger partial charge >= 0.3 is 11.7 Å². The third-order valence-electron chi connectivity index (χ3n) is 1.99. The van der Waals surface area contributed by atoms with Gasteiger partial charge in [-0.15, -0.1) is 0 Å². The van der Waals surface area contributed by atoms with Crippen molar-refractivity contribution in [2.24, 2.45) is 0 Å². The zero-order valence-electron chi connectivity index (χ0n) is 9.72. The van der Waals surface area contributed by atoms with E-state index in [0.717, 1.165) is 0 Å². The summed E-state index contributed by atoms with van der Waals surface area (Å²) in [6.45, 7) is 2.00. The fraction of sp³-hybridized carbons (Fsp3) is 0.364. The average molecular weight is 274 g/mol. The van der Waals surface area contributed by atoms with E-state index in [0.29, 0.717) is 6.61 Å². The summed E-state index contributed by atoms with van der Waals surface area (Å²) in [4.78, 5) is 21.2. The molecule has 7 heteroatoms. The van der Waals surface area contributed by atoms with Gasteiger partial charge in [0.2, 0.25) is 0 Å². The first-order chi connectivity index (χ1) is 8.54. The molecule has 1 aromatic rings. The first kappa shape index (κ1) is 14.2. The Labute approximate surface area is 109 Å². The molecule has 0 unspecified atom stereocenters. The summed E-state index contributed by atoms with van der Waals surface area (Å²) in [5.41, 5.74) is -0.230. The lowest BCUT2D eigenvalue weighted by Gasteiger charge is -2.06. The van der Waals surface area contributed by atoms with Crippen LogP contribution in [0.5, 0.6) is 5.75 Å². The Morgan fingerprint density at radius 1 is 1.50 bits per heavy atom. The van der Waals surface area contributed by atoms with Gasteiger partial charge in [-0.1, -0.05) is 11.6 Å². The van der Waals surface area contributed by atoms with Crippen molar-refractivity contribution in [2.45, 2.75) is 13.3 Å². The van der Waals surface area contributed by atoms with Crippen molar-refractivity contribution in [3.63, 3.8) is 0 Å². The van der Waals surface area contributed by atoms with E-state index in [1.54, 1.807) is 6.92 Å². The van der Waals surface area contributed by atoms with E-state index in [-0.39, 0.29) is 29.5 Å².